The number of anilines is 1. The Morgan fingerprint density at radius 3 is 2.40 bits per heavy atom. The van der Waals surface area contributed by atoms with Crippen molar-refractivity contribution in [2.45, 2.75) is 77.0 Å². The van der Waals surface area contributed by atoms with Crippen LogP contribution in [-0.2, 0) is 9.53 Å². The summed E-state index contributed by atoms with van der Waals surface area (Å²) in [6.07, 6.45) is 6.98. The van der Waals surface area contributed by atoms with E-state index in [9.17, 15) is 18.8 Å². The smallest absolute Gasteiger partial charge is 0.410 e. The van der Waals surface area contributed by atoms with Crippen molar-refractivity contribution >= 4 is 17.9 Å². The average Bonchev–Trinajstić information content (AvgIpc) is 2.98. The zero-order valence-electron chi connectivity index (χ0n) is 24.9. The van der Waals surface area contributed by atoms with Crippen LogP contribution in [0, 0.1) is 11.7 Å². The molecular weight excluding hydrogens is 551 g/mol. The molecule has 2 aromatic heterocycles. The number of aromatic nitrogens is 3. The van der Waals surface area contributed by atoms with Gasteiger partial charge >= 0.3 is 6.09 Å². The van der Waals surface area contributed by atoms with Crippen LogP contribution in [0.2, 0.25) is 0 Å². The highest BCUT2D eigenvalue weighted by molar-refractivity contribution is 5.79. The normalized spacial score (nSPS) is 19.5. The summed E-state index contributed by atoms with van der Waals surface area (Å²) in [6.45, 7) is 6.56. The van der Waals surface area contributed by atoms with E-state index < -0.39 is 11.4 Å². The Labute approximate surface area is 250 Å². The van der Waals surface area contributed by atoms with Gasteiger partial charge < -0.3 is 20.3 Å². The molecule has 1 aliphatic heterocycles. The molecule has 0 atom stereocenters. The number of amides is 2. The second kappa shape index (κ2) is 12.9. The van der Waals surface area contributed by atoms with Crippen LogP contribution in [0.25, 0.3) is 16.9 Å². The molecule has 0 unspecified atom stereocenters. The van der Waals surface area contributed by atoms with E-state index in [4.69, 9.17) is 4.74 Å². The Hall–Kier alpha value is -4.28. The fourth-order valence-electron chi connectivity index (χ4n) is 5.62. The predicted octanol–water partition coefficient (Wildman–Crippen LogP) is 4.92. The van der Waals surface area contributed by atoms with Gasteiger partial charge in [-0.05, 0) is 77.5 Å². The van der Waals surface area contributed by atoms with Crippen molar-refractivity contribution in [2.75, 3.05) is 18.4 Å². The molecule has 3 aromatic rings. The quantitative estimate of drug-likeness (QED) is 0.418. The number of nitrogens with one attached hydrogen (secondary N) is 2. The Morgan fingerprint density at radius 2 is 1.70 bits per heavy atom. The van der Waals surface area contributed by atoms with Gasteiger partial charge in [-0.25, -0.2) is 19.2 Å². The molecule has 2 aliphatic rings. The largest absolute Gasteiger partial charge is 0.444 e. The lowest BCUT2D eigenvalue weighted by Gasteiger charge is -2.34. The third-order valence-corrected chi connectivity index (χ3v) is 7.89. The molecule has 0 radical (unpaired) electrons. The van der Waals surface area contributed by atoms with E-state index in [0.29, 0.717) is 43.1 Å². The van der Waals surface area contributed by atoms with Gasteiger partial charge in [0.1, 0.15) is 11.3 Å². The van der Waals surface area contributed by atoms with Gasteiger partial charge in [0.2, 0.25) is 11.9 Å². The number of hydrogen-bond donors (Lipinski definition) is 2. The topological polar surface area (TPSA) is 118 Å². The first-order valence-electron chi connectivity index (χ1n) is 14.9. The zero-order chi connectivity index (χ0) is 30.6. The standard InChI is InChI=1S/C32H39FN6O4/c1-32(2,3)43-31(42)38-17-14-21(15-18-38)29(41)35-23-10-12-24(13-11-23)36-30-34-20-26(33)28(37-30)22-7-6-8-25(19-22)39-16-5-4-9-27(39)40/h4-9,16,19-21,23-24H,10-15,17-18H2,1-3H3,(H,35,41)(H,34,36,37)/t23-,24-. The van der Waals surface area contributed by atoms with Crippen LogP contribution in [0.1, 0.15) is 59.3 Å². The molecule has 228 valence electrons. The Bertz CT molecular complexity index is 1500. The lowest BCUT2D eigenvalue weighted by atomic mass is 9.90. The van der Waals surface area contributed by atoms with E-state index in [2.05, 4.69) is 20.6 Å². The van der Waals surface area contributed by atoms with Crippen molar-refractivity contribution in [1.29, 1.82) is 0 Å². The number of ether oxygens (including phenoxy) is 1. The van der Waals surface area contributed by atoms with Gasteiger partial charge in [0, 0.05) is 54.6 Å². The van der Waals surface area contributed by atoms with Crippen LogP contribution in [0.3, 0.4) is 0 Å². The summed E-state index contributed by atoms with van der Waals surface area (Å²) in [7, 11) is 0. The number of hydrogen-bond acceptors (Lipinski definition) is 7. The first-order chi connectivity index (χ1) is 20.6. The van der Waals surface area contributed by atoms with E-state index >= 15 is 0 Å². The number of likely N-dealkylation sites (tertiary alicyclic amines) is 1. The molecule has 0 bridgehead atoms. The molecule has 2 fully saturated rings. The van der Waals surface area contributed by atoms with Crippen LogP contribution in [0.15, 0.2) is 59.7 Å². The van der Waals surface area contributed by atoms with Gasteiger partial charge in [-0.1, -0.05) is 18.2 Å². The van der Waals surface area contributed by atoms with Gasteiger partial charge in [-0.15, -0.1) is 0 Å². The zero-order valence-corrected chi connectivity index (χ0v) is 24.9. The monoisotopic (exact) mass is 590 g/mol. The molecule has 10 nitrogen and oxygen atoms in total. The first kappa shape index (κ1) is 30.2. The number of nitrogens with zero attached hydrogens (tertiary/aromatic N) is 4. The molecule has 1 aromatic carbocycles. The van der Waals surface area contributed by atoms with Crippen molar-refractivity contribution in [3.05, 3.63) is 71.0 Å². The lowest BCUT2D eigenvalue weighted by Crippen LogP contribution is -2.47. The van der Waals surface area contributed by atoms with Gasteiger partial charge in [-0.3, -0.25) is 14.2 Å². The highest BCUT2D eigenvalue weighted by Crippen LogP contribution is 2.27. The molecule has 43 heavy (non-hydrogen) atoms. The summed E-state index contributed by atoms with van der Waals surface area (Å²) in [5.74, 6) is -0.277. The Kier molecular flexibility index (Phi) is 9.08. The van der Waals surface area contributed by atoms with E-state index in [1.54, 1.807) is 47.5 Å². The minimum Gasteiger partial charge on any atom is -0.444 e. The van der Waals surface area contributed by atoms with E-state index in [0.717, 1.165) is 31.9 Å². The maximum atomic E-state index is 14.8. The maximum absolute atomic E-state index is 14.8. The summed E-state index contributed by atoms with van der Waals surface area (Å²) in [5, 5.41) is 6.55. The van der Waals surface area contributed by atoms with Crippen molar-refractivity contribution in [1.82, 2.24) is 24.8 Å². The highest BCUT2D eigenvalue weighted by Gasteiger charge is 2.31. The number of benzene rings is 1. The fraction of sp³-hybridized carbons (Fsp3) is 0.469. The third kappa shape index (κ3) is 7.77. The SMILES string of the molecule is CC(C)(C)OC(=O)N1CCC(C(=O)N[C@H]2CC[C@H](Nc3ncc(F)c(-c4cccc(-n5ccccc5=O)c4)n3)CC2)CC1. The number of halogens is 1. The fourth-order valence-corrected chi connectivity index (χ4v) is 5.62. The molecule has 11 heteroatoms. The number of rotatable bonds is 6. The van der Waals surface area contributed by atoms with Gasteiger partial charge in [-0.2, -0.15) is 0 Å². The van der Waals surface area contributed by atoms with Crippen molar-refractivity contribution < 1.29 is 18.7 Å². The first-order valence-corrected chi connectivity index (χ1v) is 14.9. The van der Waals surface area contributed by atoms with Gasteiger partial charge in [0.05, 0.1) is 6.20 Å². The molecule has 1 saturated heterocycles. The number of piperidine rings is 1. The van der Waals surface area contributed by atoms with Crippen LogP contribution in [0.5, 0.6) is 0 Å². The van der Waals surface area contributed by atoms with E-state index in [-0.39, 0.29) is 41.3 Å². The maximum Gasteiger partial charge on any atom is 0.410 e. The molecule has 1 aliphatic carbocycles. The summed E-state index contributed by atoms with van der Waals surface area (Å²) in [6, 6.07) is 12.1. The summed E-state index contributed by atoms with van der Waals surface area (Å²) in [4.78, 5) is 47.8. The molecule has 2 N–H and O–H groups in total. The van der Waals surface area contributed by atoms with E-state index in [1.165, 1.54) is 10.6 Å². The van der Waals surface area contributed by atoms with E-state index in [1.807, 2.05) is 20.8 Å². The van der Waals surface area contributed by atoms with Crippen molar-refractivity contribution in [3.63, 3.8) is 0 Å². The molecule has 0 spiro atoms. The lowest BCUT2D eigenvalue weighted by molar-refractivity contribution is -0.127. The van der Waals surface area contributed by atoms with Crippen molar-refractivity contribution in [2.24, 2.45) is 5.92 Å². The predicted molar refractivity (Wildman–Crippen MR) is 161 cm³/mol. The molecule has 3 heterocycles. The van der Waals surface area contributed by atoms with Crippen LogP contribution in [0.4, 0.5) is 15.1 Å². The summed E-state index contributed by atoms with van der Waals surface area (Å²) < 4.78 is 21.8. The van der Waals surface area contributed by atoms with Crippen LogP contribution in [-0.4, -0.2) is 62.2 Å². The second-order valence-electron chi connectivity index (χ2n) is 12.3. The summed E-state index contributed by atoms with van der Waals surface area (Å²) in [5.41, 5.74) is 0.591. The minimum absolute atomic E-state index is 0.0479. The van der Waals surface area contributed by atoms with Crippen LogP contribution >= 0.6 is 0 Å². The number of carbonyl (C=O) groups is 2. The Morgan fingerprint density at radius 1 is 0.977 bits per heavy atom. The molecule has 5 rings (SSSR count). The van der Waals surface area contributed by atoms with Crippen LogP contribution < -0.4 is 16.2 Å². The van der Waals surface area contributed by atoms with Gasteiger partial charge in [0.25, 0.3) is 5.56 Å². The third-order valence-electron chi connectivity index (χ3n) is 7.89. The number of pyridine rings is 1. The summed E-state index contributed by atoms with van der Waals surface area (Å²) >= 11 is 0. The second-order valence-corrected chi connectivity index (χ2v) is 12.3. The molecular formula is C32H39FN6O4. The van der Waals surface area contributed by atoms with Crippen molar-refractivity contribution in [3.8, 4) is 16.9 Å². The molecule has 2 amide bonds. The molecule has 1 saturated carbocycles. The average molecular weight is 591 g/mol. The minimum atomic E-state index is -0.550. The van der Waals surface area contributed by atoms with Gasteiger partial charge in [0.15, 0.2) is 5.82 Å². The Balaban J connectivity index is 1.12. The number of carbonyl (C=O) groups excluding carboxylic acids is 2. The highest BCUT2D eigenvalue weighted by atomic mass is 19.1.